The molecule has 0 spiro atoms. The fourth-order valence-electron chi connectivity index (χ4n) is 4.67. The van der Waals surface area contributed by atoms with Crippen LogP contribution in [0.25, 0.3) is 6.08 Å². The Morgan fingerprint density at radius 3 is 2.93 bits per heavy atom. The standard InChI is InChI=1S/C25H27N3S2/c1-2-3-14-20-18-12-7-13-19(18)21-22-23(30-24(21)28-20)25(27-16-26-22)29-15-8-11-17-9-5-4-6-10-17/h4-6,8-11,16,21,24H,2-3,7,12-15H2,1H3/b11-8+. The van der Waals surface area contributed by atoms with Gasteiger partial charge >= 0.3 is 0 Å². The molecule has 2 aromatic rings. The van der Waals surface area contributed by atoms with E-state index in [9.17, 15) is 0 Å². The predicted octanol–water partition coefficient (Wildman–Crippen LogP) is 6.92. The molecule has 1 aromatic carbocycles. The first kappa shape index (κ1) is 20.1. The monoisotopic (exact) mass is 433 g/mol. The average molecular weight is 434 g/mol. The van der Waals surface area contributed by atoms with Gasteiger partial charge in [0.05, 0.1) is 16.5 Å². The summed E-state index contributed by atoms with van der Waals surface area (Å²) in [6.07, 6.45) is 13.5. The summed E-state index contributed by atoms with van der Waals surface area (Å²) in [7, 11) is 0. The maximum absolute atomic E-state index is 5.25. The number of thioether (sulfide) groups is 2. The Balaban J connectivity index is 1.36. The van der Waals surface area contributed by atoms with Gasteiger partial charge in [-0.15, -0.1) is 11.8 Å². The molecule has 3 heterocycles. The van der Waals surface area contributed by atoms with E-state index in [1.807, 2.05) is 29.6 Å². The molecule has 0 radical (unpaired) electrons. The summed E-state index contributed by atoms with van der Waals surface area (Å²) >= 11 is 3.70. The Morgan fingerprint density at radius 2 is 2.07 bits per heavy atom. The van der Waals surface area contributed by atoms with Crippen molar-refractivity contribution in [2.75, 3.05) is 5.75 Å². The Bertz CT molecular complexity index is 1010. The van der Waals surface area contributed by atoms with Crippen molar-refractivity contribution in [1.82, 2.24) is 9.97 Å². The first-order valence-electron chi connectivity index (χ1n) is 11.0. The van der Waals surface area contributed by atoms with Crippen LogP contribution in [-0.2, 0) is 0 Å². The van der Waals surface area contributed by atoms with Crippen molar-refractivity contribution in [3.8, 4) is 0 Å². The van der Waals surface area contributed by atoms with Crippen molar-refractivity contribution in [2.24, 2.45) is 4.99 Å². The molecule has 1 aromatic heterocycles. The van der Waals surface area contributed by atoms with E-state index in [2.05, 4.69) is 48.3 Å². The molecule has 0 amide bonds. The van der Waals surface area contributed by atoms with Gasteiger partial charge in [-0.05, 0) is 43.2 Å². The first-order chi connectivity index (χ1) is 14.8. The van der Waals surface area contributed by atoms with E-state index in [1.54, 1.807) is 17.5 Å². The molecule has 0 saturated heterocycles. The minimum Gasteiger partial charge on any atom is -0.274 e. The van der Waals surface area contributed by atoms with Crippen molar-refractivity contribution in [1.29, 1.82) is 0 Å². The zero-order chi connectivity index (χ0) is 20.3. The van der Waals surface area contributed by atoms with Crippen LogP contribution >= 0.6 is 23.5 Å². The van der Waals surface area contributed by atoms with Gasteiger partial charge in [0.15, 0.2) is 0 Å². The van der Waals surface area contributed by atoms with Gasteiger partial charge in [-0.1, -0.05) is 73.2 Å². The van der Waals surface area contributed by atoms with E-state index in [0.717, 1.165) is 17.2 Å². The summed E-state index contributed by atoms with van der Waals surface area (Å²) < 4.78 is 0. The minimum absolute atomic E-state index is 0.264. The number of fused-ring (bicyclic) bond motifs is 4. The predicted molar refractivity (Wildman–Crippen MR) is 128 cm³/mol. The molecule has 3 aliphatic rings. The molecule has 0 N–H and O–H groups in total. The van der Waals surface area contributed by atoms with Crippen LogP contribution in [0.5, 0.6) is 0 Å². The third-order valence-corrected chi connectivity index (χ3v) is 8.41. The average Bonchev–Trinajstić information content (AvgIpc) is 3.40. The van der Waals surface area contributed by atoms with Crippen LogP contribution in [0, 0.1) is 0 Å². The molecule has 0 saturated carbocycles. The smallest absolute Gasteiger partial charge is 0.117 e. The van der Waals surface area contributed by atoms with Gasteiger partial charge in [0.2, 0.25) is 0 Å². The summed E-state index contributed by atoms with van der Waals surface area (Å²) in [6, 6.07) is 10.5. The van der Waals surface area contributed by atoms with Crippen LogP contribution in [0.3, 0.4) is 0 Å². The molecule has 0 bridgehead atoms. The summed E-state index contributed by atoms with van der Waals surface area (Å²) in [5, 5.41) is 1.38. The van der Waals surface area contributed by atoms with Gasteiger partial charge in [0.25, 0.3) is 0 Å². The number of dihydropyridines is 1. The van der Waals surface area contributed by atoms with Crippen molar-refractivity contribution in [3.05, 3.63) is 65.1 Å². The Morgan fingerprint density at radius 1 is 1.17 bits per heavy atom. The quantitative estimate of drug-likeness (QED) is 0.351. The number of hydrogen-bond donors (Lipinski definition) is 0. The fraction of sp³-hybridized carbons (Fsp3) is 0.400. The zero-order valence-electron chi connectivity index (χ0n) is 17.4. The van der Waals surface area contributed by atoms with Crippen LogP contribution < -0.4 is 0 Å². The van der Waals surface area contributed by atoms with Crippen molar-refractivity contribution in [2.45, 2.75) is 66.7 Å². The lowest BCUT2D eigenvalue weighted by molar-refractivity contribution is 0.687. The third-order valence-electron chi connectivity index (χ3n) is 6.08. The molecule has 2 atom stereocenters. The van der Waals surface area contributed by atoms with Gasteiger partial charge in [-0.2, -0.15) is 0 Å². The van der Waals surface area contributed by atoms with Crippen LogP contribution in [0.2, 0.25) is 0 Å². The lowest BCUT2D eigenvalue weighted by Crippen LogP contribution is -2.21. The van der Waals surface area contributed by atoms with E-state index in [-0.39, 0.29) is 5.37 Å². The molecule has 154 valence electrons. The summed E-state index contributed by atoms with van der Waals surface area (Å²) in [6.45, 7) is 2.27. The zero-order valence-corrected chi connectivity index (χ0v) is 19.0. The number of aromatic nitrogens is 2. The number of aliphatic imine (C=N–C) groups is 1. The largest absolute Gasteiger partial charge is 0.274 e. The lowest BCUT2D eigenvalue weighted by Gasteiger charge is -2.26. The first-order valence-corrected chi connectivity index (χ1v) is 12.9. The molecule has 5 rings (SSSR count). The van der Waals surface area contributed by atoms with Crippen molar-refractivity contribution < 1.29 is 0 Å². The van der Waals surface area contributed by atoms with Gasteiger partial charge in [-0.25, -0.2) is 9.97 Å². The second-order valence-electron chi connectivity index (χ2n) is 8.04. The van der Waals surface area contributed by atoms with Crippen LogP contribution in [0.4, 0.5) is 0 Å². The summed E-state index contributed by atoms with van der Waals surface area (Å²) in [5.74, 6) is 1.28. The van der Waals surface area contributed by atoms with Crippen molar-refractivity contribution in [3.63, 3.8) is 0 Å². The van der Waals surface area contributed by atoms with Crippen LogP contribution in [0.15, 0.2) is 68.8 Å². The third kappa shape index (κ3) is 3.90. The number of rotatable bonds is 7. The second-order valence-corrected chi connectivity index (χ2v) is 10.2. The van der Waals surface area contributed by atoms with Gasteiger partial charge in [-0.3, -0.25) is 4.99 Å². The van der Waals surface area contributed by atoms with Crippen LogP contribution in [0.1, 0.15) is 62.6 Å². The molecule has 2 unspecified atom stereocenters. The second kappa shape index (κ2) is 9.11. The highest BCUT2D eigenvalue weighted by molar-refractivity contribution is 8.02. The number of allylic oxidation sites excluding steroid dienone is 1. The molecule has 5 heteroatoms. The molecular weight excluding hydrogens is 406 g/mol. The highest BCUT2D eigenvalue weighted by Gasteiger charge is 2.43. The number of nitrogens with zero attached hydrogens (tertiary/aromatic N) is 3. The maximum Gasteiger partial charge on any atom is 0.117 e. The molecular formula is C25H27N3S2. The SMILES string of the molecule is CCCCC1=NC2Sc3c(SC/C=C/c4ccccc4)ncnc3C2C2=C1CCC2. The van der Waals surface area contributed by atoms with E-state index in [0.29, 0.717) is 5.92 Å². The van der Waals surface area contributed by atoms with E-state index in [4.69, 9.17) is 9.98 Å². The number of unbranched alkanes of at least 4 members (excludes halogenated alkanes) is 1. The number of benzene rings is 1. The molecule has 2 aliphatic heterocycles. The normalized spacial score (nSPS) is 22.2. The van der Waals surface area contributed by atoms with Gasteiger partial charge in [0, 0.05) is 11.5 Å². The van der Waals surface area contributed by atoms with Crippen LogP contribution in [-0.4, -0.2) is 26.8 Å². The topological polar surface area (TPSA) is 38.1 Å². The van der Waals surface area contributed by atoms with E-state index < -0.39 is 0 Å². The highest BCUT2D eigenvalue weighted by Crippen LogP contribution is 2.56. The van der Waals surface area contributed by atoms with Crippen molar-refractivity contribution >= 4 is 35.3 Å². The Hall–Kier alpha value is -1.85. The fourth-order valence-corrected chi connectivity index (χ4v) is 7.01. The molecule has 30 heavy (non-hydrogen) atoms. The van der Waals surface area contributed by atoms with E-state index in [1.165, 1.54) is 54.0 Å². The Kier molecular flexibility index (Phi) is 6.09. The maximum atomic E-state index is 5.25. The highest BCUT2D eigenvalue weighted by atomic mass is 32.2. The lowest BCUT2D eigenvalue weighted by atomic mass is 9.87. The van der Waals surface area contributed by atoms with Gasteiger partial charge < -0.3 is 0 Å². The van der Waals surface area contributed by atoms with Gasteiger partial charge in [0.1, 0.15) is 16.7 Å². The molecule has 0 fully saturated rings. The minimum atomic E-state index is 0.264. The molecule has 3 nitrogen and oxygen atoms in total. The van der Waals surface area contributed by atoms with E-state index >= 15 is 0 Å². The molecule has 1 aliphatic carbocycles. The summed E-state index contributed by atoms with van der Waals surface area (Å²) in [4.78, 5) is 15.9. The summed E-state index contributed by atoms with van der Waals surface area (Å²) in [5.41, 5.74) is 7.05. The Labute approximate surface area is 187 Å². The number of hydrogen-bond acceptors (Lipinski definition) is 5.